The molecule has 0 aliphatic heterocycles. The highest BCUT2D eigenvalue weighted by Crippen LogP contribution is 2.38. The van der Waals surface area contributed by atoms with E-state index in [1.54, 1.807) is 6.07 Å². The summed E-state index contributed by atoms with van der Waals surface area (Å²) < 4.78 is 49.1. The highest BCUT2D eigenvalue weighted by Gasteiger charge is 2.37. The minimum absolute atomic E-state index is 0.188. The van der Waals surface area contributed by atoms with E-state index in [1.807, 2.05) is 13.0 Å². The molecule has 2 saturated carbocycles. The predicted molar refractivity (Wildman–Crippen MR) is 128 cm³/mol. The van der Waals surface area contributed by atoms with E-state index < -0.39 is 12.2 Å². The highest BCUT2D eigenvalue weighted by atomic mass is 19.3. The third-order valence-electron chi connectivity index (χ3n) is 7.41. The van der Waals surface area contributed by atoms with Crippen LogP contribution in [0.5, 0.6) is 0 Å². The molecule has 2 aromatic rings. The lowest BCUT2D eigenvalue weighted by Crippen LogP contribution is -2.29. The summed E-state index contributed by atoms with van der Waals surface area (Å²) in [7, 11) is 0. The van der Waals surface area contributed by atoms with Gasteiger partial charge in [0.05, 0.1) is 11.7 Å². The second-order valence-corrected chi connectivity index (χ2v) is 10.1. The molecule has 2 aromatic carbocycles. The normalized spacial score (nSPS) is 26.6. The molecular weight excluding hydrogens is 421 g/mol. The molecule has 0 radical (unpaired) electrons. The second-order valence-electron chi connectivity index (χ2n) is 10.1. The van der Waals surface area contributed by atoms with Crippen molar-refractivity contribution in [1.29, 1.82) is 0 Å². The van der Waals surface area contributed by atoms with Gasteiger partial charge in [-0.15, -0.1) is 0 Å². The van der Waals surface area contributed by atoms with Gasteiger partial charge in [0.15, 0.2) is 0 Å². The number of aryl methyl sites for hydroxylation is 1. The summed E-state index contributed by atoms with van der Waals surface area (Å²) in [5.74, 6) is 1.66. The van der Waals surface area contributed by atoms with Crippen molar-refractivity contribution < 1.29 is 17.9 Å². The number of alkyl halides is 2. The molecule has 1 nitrogen and oxygen atoms in total. The van der Waals surface area contributed by atoms with Crippen molar-refractivity contribution in [2.75, 3.05) is 0 Å². The summed E-state index contributed by atoms with van der Waals surface area (Å²) >= 11 is 0. The van der Waals surface area contributed by atoms with E-state index >= 15 is 0 Å². The Balaban J connectivity index is 1.30. The first-order valence-corrected chi connectivity index (χ1v) is 12.4. The third-order valence-corrected chi connectivity index (χ3v) is 7.41. The van der Waals surface area contributed by atoms with Crippen LogP contribution in [-0.4, -0.2) is 6.10 Å². The van der Waals surface area contributed by atoms with E-state index in [2.05, 4.69) is 19.1 Å². The van der Waals surface area contributed by atoms with Gasteiger partial charge in [0.25, 0.3) is 0 Å². The zero-order valence-electron chi connectivity index (χ0n) is 19.7. The fraction of sp³-hybridized carbons (Fsp3) is 0.517. The minimum atomic E-state index is -3.35. The van der Waals surface area contributed by atoms with Gasteiger partial charge in [0, 0.05) is 5.56 Å². The molecule has 0 aromatic heterocycles. The van der Waals surface area contributed by atoms with Crippen molar-refractivity contribution in [3.05, 3.63) is 71.6 Å². The SMILES string of the molecule is Cc1ccc(-c2ccc(C(F)(F)OC3CCC(/C=C/C4CCC(C)CC4)CC3)cc2)c(F)c1. The van der Waals surface area contributed by atoms with E-state index in [1.165, 1.54) is 56.0 Å². The van der Waals surface area contributed by atoms with Crippen LogP contribution < -0.4 is 0 Å². The molecule has 0 saturated heterocycles. The van der Waals surface area contributed by atoms with Crippen LogP contribution in [0.4, 0.5) is 13.2 Å². The summed E-state index contributed by atoms with van der Waals surface area (Å²) in [5, 5.41) is 0. The third kappa shape index (κ3) is 6.29. The van der Waals surface area contributed by atoms with Gasteiger partial charge >= 0.3 is 6.11 Å². The van der Waals surface area contributed by atoms with E-state index in [4.69, 9.17) is 4.74 Å². The monoisotopic (exact) mass is 456 g/mol. The molecular formula is C29H35F3O. The first kappa shape index (κ1) is 24.1. The quantitative estimate of drug-likeness (QED) is 0.395. The molecule has 0 N–H and O–H groups in total. The van der Waals surface area contributed by atoms with Crippen molar-refractivity contribution >= 4 is 0 Å². The van der Waals surface area contributed by atoms with Gasteiger partial charge in [-0.05, 0) is 92.5 Å². The molecule has 2 fully saturated rings. The van der Waals surface area contributed by atoms with E-state index in [-0.39, 0.29) is 11.4 Å². The molecule has 0 bridgehead atoms. The van der Waals surface area contributed by atoms with Gasteiger partial charge in [0.2, 0.25) is 0 Å². The molecule has 178 valence electrons. The fourth-order valence-corrected chi connectivity index (χ4v) is 5.17. The Labute approximate surface area is 196 Å². The minimum Gasteiger partial charge on any atom is -0.313 e. The Morgan fingerprint density at radius 2 is 1.39 bits per heavy atom. The van der Waals surface area contributed by atoms with Gasteiger partial charge in [0.1, 0.15) is 5.82 Å². The lowest BCUT2D eigenvalue weighted by Gasteiger charge is -2.30. The molecule has 2 aliphatic carbocycles. The lowest BCUT2D eigenvalue weighted by molar-refractivity contribution is -0.277. The molecule has 2 aliphatic rings. The standard InChI is InChI=1S/C29H35F3O/c1-20-3-6-22(7-4-20)8-9-23-10-16-26(17-11-23)33-29(31,32)25-14-12-24(13-15-25)27-18-5-21(2)19-28(27)30/h5,8-9,12-15,18-20,22-23,26H,3-4,6-7,10-11,16-17H2,1-2H3/b9-8+. The molecule has 4 heteroatoms. The average molecular weight is 457 g/mol. The summed E-state index contributed by atoms with van der Waals surface area (Å²) in [5.41, 5.74) is 1.62. The summed E-state index contributed by atoms with van der Waals surface area (Å²) in [6, 6.07) is 10.7. The molecule has 0 heterocycles. The first-order chi connectivity index (χ1) is 15.8. The Morgan fingerprint density at radius 1 is 0.818 bits per heavy atom. The summed E-state index contributed by atoms with van der Waals surface area (Å²) in [6.45, 7) is 4.14. The van der Waals surface area contributed by atoms with Crippen molar-refractivity contribution in [2.45, 2.75) is 77.4 Å². The van der Waals surface area contributed by atoms with Gasteiger partial charge in [-0.2, -0.15) is 8.78 Å². The van der Waals surface area contributed by atoms with Crippen LogP contribution in [0.1, 0.15) is 69.4 Å². The predicted octanol–water partition coefficient (Wildman–Crippen LogP) is 8.81. The first-order valence-electron chi connectivity index (χ1n) is 12.4. The fourth-order valence-electron chi connectivity index (χ4n) is 5.17. The van der Waals surface area contributed by atoms with E-state index in [9.17, 15) is 13.2 Å². The highest BCUT2D eigenvalue weighted by molar-refractivity contribution is 5.64. The van der Waals surface area contributed by atoms with E-state index in [0.29, 0.717) is 35.8 Å². The molecule has 33 heavy (non-hydrogen) atoms. The summed E-state index contributed by atoms with van der Waals surface area (Å²) in [6.07, 6.45) is 9.19. The van der Waals surface area contributed by atoms with Crippen LogP contribution in [0.3, 0.4) is 0 Å². The van der Waals surface area contributed by atoms with Crippen molar-refractivity contribution in [3.8, 4) is 11.1 Å². The van der Waals surface area contributed by atoms with Crippen LogP contribution in [0.15, 0.2) is 54.6 Å². The molecule has 0 amide bonds. The smallest absolute Gasteiger partial charge is 0.313 e. The molecule has 0 unspecified atom stereocenters. The van der Waals surface area contributed by atoms with Gasteiger partial charge in [-0.1, -0.05) is 56.2 Å². The average Bonchev–Trinajstić information content (AvgIpc) is 2.80. The number of hydrogen-bond donors (Lipinski definition) is 0. The topological polar surface area (TPSA) is 9.23 Å². The van der Waals surface area contributed by atoms with Crippen LogP contribution in [0, 0.1) is 30.5 Å². The zero-order valence-corrected chi connectivity index (χ0v) is 19.7. The lowest BCUT2D eigenvalue weighted by atomic mass is 9.81. The van der Waals surface area contributed by atoms with Gasteiger partial charge in [-0.3, -0.25) is 0 Å². The van der Waals surface area contributed by atoms with Crippen LogP contribution in [0.2, 0.25) is 0 Å². The van der Waals surface area contributed by atoms with Crippen molar-refractivity contribution in [1.82, 2.24) is 0 Å². The number of hydrogen-bond acceptors (Lipinski definition) is 1. The van der Waals surface area contributed by atoms with E-state index in [0.717, 1.165) is 24.3 Å². The maximum atomic E-state index is 14.8. The van der Waals surface area contributed by atoms with Gasteiger partial charge < -0.3 is 4.74 Å². The largest absolute Gasteiger partial charge is 0.383 e. The number of halogens is 3. The summed E-state index contributed by atoms with van der Waals surface area (Å²) in [4.78, 5) is 0. The maximum absolute atomic E-state index is 14.8. The zero-order chi connectivity index (χ0) is 23.4. The molecule has 4 rings (SSSR count). The maximum Gasteiger partial charge on any atom is 0.383 e. The Bertz CT molecular complexity index is 934. The Kier molecular flexibility index (Phi) is 7.63. The van der Waals surface area contributed by atoms with Crippen molar-refractivity contribution in [2.24, 2.45) is 17.8 Å². The number of rotatable bonds is 6. The van der Waals surface area contributed by atoms with Gasteiger partial charge in [-0.25, -0.2) is 4.39 Å². The Hall–Kier alpha value is -2.07. The second kappa shape index (κ2) is 10.5. The molecule has 0 spiro atoms. The van der Waals surface area contributed by atoms with Crippen LogP contribution in [-0.2, 0) is 10.8 Å². The van der Waals surface area contributed by atoms with Crippen LogP contribution >= 0.6 is 0 Å². The Morgan fingerprint density at radius 3 is 1.97 bits per heavy atom. The van der Waals surface area contributed by atoms with Crippen LogP contribution in [0.25, 0.3) is 11.1 Å². The number of allylic oxidation sites excluding steroid dienone is 2. The number of ether oxygens (including phenoxy) is 1. The molecule has 0 atom stereocenters. The van der Waals surface area contributed by atoms with Crippen molar-refractivity contribution in [3.63, 3.8) is 0 Å². The number of benzene rings is 2.